The molecule has 0 atom stereocenters. The van der Waals surface area contributed by atoms with Crippen LogP contribution in [0.5, 0.6) is 11.5 Å². The lowest BCUT2D eigenvalue weighted by Crippen LogP contribution is -2.32. The van der Waals surface area contributed by atoms with Crippen LogP contribution in [0.1, 0.15) is 27.8 Å². The van der Waals surface area contributed by atoms with Gasteiger partial charge in [0.2, 0.25) is 0 Å². The third-order valence-electron chi connectivity index (χ3n) is 11.8. The number of para-hydroxylation sites is 2. The normalized spacial score (nSPS) is 13.2. The Morgan fingerprint density at radius 2 is 1.07 bits per heavy atom. The average Bonchev–Trinajstić information content (AvgIpc) is 3.79. The van der Waals surface area contributed by atoms with Crippen LogP contribution < -0.4 is 4.74 Å². The van der Waals surface area contributed by atoms with Crippen LogP contribution in [0.15, 0.2) is 176 Å². The number of hydrogen-bond donors (Lipinski definition) is 0. The van der Waals surface area contributed by atoms with Crippen molar-refractivity contribution in [2.24, 2.45) is 0 Å². The molecule has 4 nitrogen and oxygen atoms in total. The first kappa shape index (κ1) is 31.9. The highest BCUT2D eigenvalue weighted by Crippen LogP contribution is 2.62. The smallest absolute Gasteiger partial charge is 0.161 e. The number of thiophene rings is 1. The summed E-state index contributed by atoms with van der Waals surface area (Å²) in [4.78, 5) is 10.9. The maximum absolute atomic E-state index is 9.43. The van der Waals surface area contributed by atoms with Crippen LogP contribution in [-0.2, 0) is 5.41 Å². The fourth-order valence-electron chi connectivity index (χ4n) is 9.38. The molecule has 264 valence electrons. The van der Waals surface area contributed by atoms with Gasteiger partial charge in [0, 0.05) is 32.3 Å². The highest BCUT2D eigenvalue weighted by atomic mass is 32.1. The minimum absolute atomic E-state index is 0.583. The molecule has 0 radical (unpaired) electrons. The van der Waals surface area contributed by atoms with Gasteiger partial charge in [-0.1, -0.05) is 133 Å². The van der Waals surface area contributed by atoms with E-state index in [0.29, 0.717) is 11.4 Å². The van der Waals surface area contributed by atoms with E-state index in [1.165, 1.54) is 27.0 Å². The van der Waals surface area contributed by atoms with Gasteiger partial charge in [0.25, 0.3) is 0 Å². The molecular weight excluding hydrogens is 715 g/mol. The van der Waals surface area contributed by atoms with Crippen LogP contribution in [0.4, 0.5) is 0 Å². The van der Waals surface area contributed by atoms with E-state index in [4.69, 9.17) is 14.7 Å². The summed E-state index contributed by atoms with van der Waals surface area (Å²) < 4.78 is 8.86. The minimum atomic E-state index is -0.583. The molecule has 2 aromatic heterocycles. The second kappa shape index (κ2) is 12.1. The molecule has 10 aromatic rings. The van der Waals surface area contributed by atoms with E-state index in [1.807, 2.05) is 24.3 Å². The Bertz CT molecular complexity index is 3310. The Labute approximate surface area is 332 Å². The third-order valence-corrected chi connectivity index (χ3v) is 13.0. The van der Waals surface area contributed by atoms with Crippen LogP contribution in [0.25, 0.3) is 76.0 Å². The SMILES string of the molecule is N#Cc1ccc(-c2ccc(-c3nc(-c4ccc5c(c4)C4(c6ccccc6Oc6ccccc64)c4ccccc4-5)c4sc5ccccc5c4n3)c3ccccc23)cc1. The molecule has 0 unspecified atom stereocenters. The molecule has 1 aliphatic carbocycles. The third kappa shape index (κ3) is 4.48. The topological polar surface area (TPSA) is 58.8 Å². The Morgan fingerprint density at radius 1 is 0.491 bits per heavy atom. The molecule has 0 bridgehead atoms. The number of rotatable bonds is 3. The number of fused-ring (bicyclic) bond motifs is 13. The molecule has 5 heteroatoms. The summed E-state index contributed by atoms with van der Waals surface area (Å²) in [5, 5.41) is 12.7. The monoisotopic (exact) mass is 743 g/mol. The standard InChI is InChI=1S/C52H29N3OS/c53-30-31-21-23-32(24-22-31)34-27-28-39(36-12-2-1-11-35(34)36)51-54-48(50-49(55-51)40-14-4-10-20-47(40)57-50)33-25-26-38-37-13-3-5-15-41(37)52(44(38)29-33)42-16-6-8-18-45(42)56-46-19-9-7-17-43(46)52/h1-29H. The highest BCUT2D eigenvalue weighted by molar-refractivity contribution is 7.26. The molecule has 0 saturated carbocycles. The van der Waals surface area contributed by atoms with Gasteiger partial charge in [0.05, 0.1) is 33.0 Å². The highest BCUT2D eigenvalue weighted by Gasteiger charge is 2.51. The average molecular weight is 744 g/mol. The molecule has 0 fully saturated rings. The van der Waals surface area contributed by atoms with Crippen LogP contribution in [-0.4, -0.2) is 9.97 Å². The summed E-state index contributed by atoms with van der Waals surface area (Å²) >= 11 is 1.75. The summed E-state index contributed by atoms with van der Waals surface area (Å²) in [5.41, 5.74) is 13.3. The van der Waals surface area contributed by atoms with Gasteiger partial charge in [-0.2, -0.15) is 5.26 Å². The van der Waals surface area contributed by atoms with E-state index in [0.717, 1.165) is 76.9 Å². The molecule has 1 aliphatic heterocycles. The van der Waals surface area contributed by atoms with Crippen molar-refractivity contribution >= 4 is 42.4 Å². The number of benzene rings is 8. The Morgan fingerprint density at radius 3 is 1.82 bits per heavy atom. The molecule has 3 heterocycles. The van der Waals surface area contributed by atoms with E-state index >= 15 is 0 Å². The molecule has 0 saturated heterocycles. The van der Waals surface area contributed by atoms with E-state index in [-0.39, 0.29) is 0 Å². The second-order valence-corrected chi connectivity index (χ2v) is 15.8. The van der Waals surface area contributed by atoms with E-state index < -0.39 is 5.41 Å². The summed E-state index contributed by atoms with van der Waals surface area (Å²) in [7, 11) is 0. The summed E-state index contributed by atoms with van der Waals surface area (Å²) in [6, 6.07) is 64.1. The van der Waals surface area contributed by atoms with Gasteiger partial charge >= 0.3 is 0 Å². The second-order valence-electron chi connectivity index (χ2n) is 14.7. The van der Waals surface area contributed by atoms with Crippen molar-refractivity contribution in [3.05, 3.63) is 204 Å². The van der Waals surface area contributed by atoms with Gasteiger partial charge in [0.1, 0.15) is 11.5 Å². The lowest BCUT2D eigenvalue weighted by atomic mass is 9.66. The predicted molar refractivity (Wildman–Crippen MR) is 231 cm³/mol. The number of aromatic nitrogens is 2. The first-order chi connectivity index (χ1) is 28.2. The van der Waals surface area contributed by atoms with Gasteiger partial charge in [-0.15, -0.1) is 11.3 Å². The van der Waals surface area contributed by atoms with Crippen LogP contribution in [0.2, 0.25) is 0 Å². The largest absolute Gasteiger partial charge is 0.457 e. The number of nitrogens with zero attached hydrogens (tertiary/aromatic N) is 3. The van der Waals surface area contributed by atoms with Gasteiger partial charge in [-0.05, 0) is 86.6 Å². The zero-order valence-electron chi connectivity index (χ0n) is 30.4. The fourth-order valence-corrected chi connectivity index (χ4v) is 10.5. The number of hydrogen-bond acceptors (Lipinski definition) is 5. The Hall–Kier alpha value is -7.39. The van der Waals surface area contributed by atoms with Crippen LogP contribution in [0.3, 0.4) is 0 Å². The van der Waals surface area contributed by atoms with Crippen molar-refractivity contribution in [2.75, 3.05) is 0 Å². The van der Waals surface area contributed by atoms with Crippen molar-refractivity contribution < 1.29 is 4.74 Å². The summed E-state index contributed by atoms with van der Waals surface area (Å²) in [6.07, 6.45) is 0. The molecular formula is C52H29N3OS. The zero-order valence-corrected chi connectivity index (χ0v) is 31.2. The lowest BCUT2D eigenvalue weighted by molar-refractivity contribution is 0.436. The summed E-state index contributed by atoms with van der Waals surface area (Å²) in [5.74, 6) is 2.43. The predicted octanol–water partition coefficient (Wildman–Crippen LogP) is 13.3. The minimum Gasteiger partial charge on any atom is -0.457 e. The van der Waals surface area contributed by atoms with Gasteiger partial charge in [-0.3, -0.25) is 0 Å². The lowest BCUT2D eigenvalue weighted by Gasteiger charge is -2.39. The Balaban J connectivity index is 1.13. The number of nitriles is 1. The van der Waals surface area contributed by atoms with E-state index in [1.54, 1.807) is 11.3 Å². The first-order valence-electron chi connectivity index (χ1n) is 19.0. The van der Waals surface area contributed by atoms with Crippen molar-refractivity contribution in [3.63, 3.8) is 0 Å². The van der Waals surface area contributed by atoms with Crippen LogP contribution in [0, 0.1) is 11.3 Å². The van der Waals surface area contributed by atoms with E-state index in [9.17, 15) is 5.26 Å². The quantitative estimate of drug-likeness (QED) is 0.181. The number of ether oxygens (including phenoxy) is 1. The molecule has 1 spiro atoms. The van der Waals surface area contributed by atoms with E-state index in [2.05, 4.69) is 158 Å². The molecule has 2 aliphatic rings. The van der Waals surface area contributed by atoms with Crippen molar-refractivity contribution in [1.29, 1.82) is 5.26 Å². The maximum Gasteiger partial charge on any atom is 0.161 e. The zero-order chi connectivity index (χ0) is 37.7. The van der Waals surface area contributed by atoms with Gasteiger partial charge < -0.3 is 4.74 Å². The van der Waals surface area contributed by atoms with Crippen LogP contribution >= 0.6 is 11.3 Å². The fraction of sp³-hybridized carbons (Fsp3) is 0.0192. The maximum atomic E-state index is 9.43. The molecule has 0 amide bonds. The Kier molecular flexibility index (Phi) is 6.75. The molecule has 8 aromatic carbocycles. The molecule has 12 rings (SSSR count). The van der Waals surface area contributed by atoms with Crippen molar-refractivity contribution in [3.8, 4) is 62.5 Å². The van der Waals surface area contributed by atoms with Gasteiger partial charge in [-0.25, -0.2) is 9.97 Å². The molecule has 0 N–H and O–H groups in total. The first-order valence-corrected chi connectivity index (χ1v) is 19.9. The molecule has 57 heavy (non-hydrogen) atoms. The van der Waals surface area contributed by atoms with Crippen molar-refractivity contribution in [2.45, 2.75) is 5.41 Å². The van der Waals surface area contributed by atoms with Gasteiger partial charge in [0.15, 0.2) is 5.82 Å². The summed E-state index contributed by atoms with van der Waals surface area (Å²) in [6.45, 7) is 0. The van der Waals surface area contributed by atoms with Crippen molar-refractivity contribution in [1.82, 2.24) is 9.97 Å².